The average Bonchev–Trinajstić information content (AvgIpc) is 0.891. The van der Waals surface area contributed by atoms with Gasteiger partial charge in [0, 0.05) is 182 Å². The SMILES string of the molecule is CC[N+](CC)=c1ccc2nc3c(cc(N)c4ccccc43)oc-2c1.CN(C)c1ccc(N=Nc2n(C)cc[n+]2C)cc1.CN(C)c1ccc2cc3ccc(N(C)C)cc3[nH+]c2c1.COc1ccccc1N=Nc1c(O)ccc2ccc([N+](C)(C)C)cc12.C[N+](C)(C)c1ccc2ccc(O)c(N=Nc3ccc(N)cc3)c2c1.Cc1n[nH][n+](C)c1N=Nc1ccc(N(C)C)cc1O.[Cl-].[Cl-].[Cl-].[Cl-].[Cl-].[Cl-]. The van der Waals surface area contributed by atoms with E-state index in [4.69, 9.17) is 25.6 Å². The minimum absolute atomic E-state index is 0. The second-order valence-electron chi connectivity index (χ2n) is 33.7. The molecule has 0 atom stereocenters. The number of anilines is 6. The summed E-state index contributed by atoms with van der Waals surface area (Å²) in [6.07, 6.45) is 3.90. The number of aromatic amines is 2. The van der Waals surface area contributed by atoms with Crippen molar-refractivity contribution in [3.05, 3.63) is 266 Å². The van der Waals surface area contributed by atoms with Crippen molar-refractivity contribution in [2.45, 2.75) is 20.8 Å². The number of benzene rings is 13. The van der Waals surface area contributed by atoms with Crippen LogP contribution in [0, 0.1) is 6.92 Å². The Balaban J connectivity index is 0.000000249. The molecule has 0 bridgehead atoms. The number of imidazole rings is 1. The number of halogens is 6. The number of nitrogens with zero attached hydrogens (tertiary/aromatic N) is 20. The highest BCUT2D eigenvalue weighted by Crippen LogP contribution is 2.42. The van der Waals surface area contributed by atoms with Crippen LogP contribution in [0.3, 0.4) is 0 Å². The molecule has 714 valence electrons. The van der Waals surface area contributed by atoms with Crippen molar-refractivity contribution in [2.75, 3.05) is 150 Å². The number of fused-ring (bicyclic) bond motifs is 8. The number of rotatable bonds is 17. The van der Waals surface area contributed by atoms with Crippen molar-refractivity contribution < 1.29 is 113 Å². The number of nitrogens with two attached hydrogens (primary N) is 2. The lowest BCUT2D eigenvalue weighted by molar-refractivity contribution is -0.718. The van der Waals surface area contributed by atoms with Gasteiger partial charge in [0.1, 0.15) is 87.1 Å². The van der Waals surface area contributed by atoms with Gasteiger partial charge in [-0.15, -0.1) is 20.6 Å². The van der Waals surface area contributed by atoms with Crippen LogP contribution in [-0.2, 0) is 21.1 Å². The maximum atomic E-state index is 10.3. The zero-order valence-corrected chi connectivity index (χ0v) is 84.7. The van der Waals surface area contributed by atoms with Gasteiger partial charge >= 0.3 is 11.8 Å². The first-order chi connectivity index (χ1) is 62.0. The van der Waals surface area contributed by atoms with Gasteiger partial charge in [0.15, 0.2) is 11.3 Å². The molecule has 3 aromatic heterocycles. The molecule has 0 fully saturated rings. The van der Waals surface area contributed by atoms with E-state index in [1.54, 1.807) is 67.4 Å². The first-order valence-corrected chi connectivity index (χ1v) is 42.4. The lowest BCUT2D eigenvalue weighted by Gasteiger charge is -2.23. The Morgan fingerprint density at radius 1 is 0.485 bits per heavy atom. The minimum Gasteiger partial charge on any atom is -1.00 e. The molecule has 29 nitrogen and oxygen atoms in total. The van der Waals surface area contributed by atoms with Crippen LogP contribution in [0.5, 0.6) is 23.0 Å². The summed E-state index contributed by atoms with van der Waals surface area (Å²) in [4.78, 5) is 16.6. The van der Waals surface area contributed by atoms with Crippen molar-refractivity contribution in [1.82, 2.24) is 33.4 Å². The van der Waals surface area contributed by atoms with Gasteiger partial charge in [-0.2, -0.15) is 9.80 Å². The Kier molecular flexibility index (Phi) is 40.3. The van der Waals surface area contributed by atoms with E-state index in [2.05, 4.69) is 227 Å². The van der Waals surface area contributed by atoms with E-state index in [1.807, 2.05) is 203 Å². The average molecular weight is 1960 g/mol. The van der Waals surface area contributed by atoms with E-state index < -0.39 is 0 Å². The number of phenolic OH excluding ortho intramolecular Hbond substituents is 3. The third-order valence-corrected chi connectivity index (χ3v) is 21.7. The molecule has 136 heavy (non-hydrogen) atoms. The zero-order valence-electron chi connectivity index (χ0n) is 80.2. The number of nitrogen functional groups attached to an aromatic ring is 2. The van der Waals surface area contributed by atoms with Crippen LogP contribution >= 0.6 is 0 Å². The molecule has 12 aromatic carbocycles. The Morgan fingerprint density at radius 3 is 1.46 bits per heavy atom. The van der Waals surface area contributed by atoms with Crippen LogP contribution in [0.2, 0.25) is 0 Å². The number of aromatic hydroxyl groups is 3. The predicted octanol–water partition coefficient (Wildman–Crippen LogP) is 2.41. The van der Waals surface area contributed by atoms with Gasteiger partial charge in [0.25, 0.3) is 0 Å². The van der Waals surface area contributed by atoms with Crippen LogP contribution in [-0.4, -0.2) is 154 Å². The molecule has 0 spiro atoms. The number of phenols is 3. The highest BCUT2D eigenvalue weighted by Gasteiger charge is 2.22. The summed E-state index contributed by atoms with van der Waals surface area (Å²) >= 11 is 0. The highest BCUT2D eigenvalue weighted by molar-refractivity contribution is 6.09. The van der Waals surface area contributed by atoms with Gasteiger partial charge in [-0.1, -0.05) is 58.8 Å². The fourth-order valence-corrected chi connectivity index (χ4v) is 14.0. The summed E-state index contributed by atoms with van der Waals surface area (Å²) in [5.74, 6) is 3.16. The molecule has 0 unspecified atom stereocenters. The molecule has 35 heteroatoms. The van der Waals surface area contributed by atoms with Crippen molar-refractivity contribution in [3.63, 3.8) is 0 Å². The summed E-state index contributed by atoms with van der Waals surface area (Å²) in [6, 6.07) is 78.5. The summed E-state index contributed by atoms with van der Waals surface area (Å²) in [5.41, 5.74) is 29.0. The lowest BCUT2D eigenvalue weighted by atomic mass is 10.1. The van der Waals surface area contributed by atoms with E-state index in [9.17, 15) is 15.3 Å². The normalized spacial score (nSPS) is 11.0. The molecular formula is C101H118Cl6N24O5. The van der Waals surface area contributed by atoms with Gasteiger partial charge in [0.2, 0.25) is 22.1 Å². The Morgan fingerprint density at radius 2 is 0.963 bits per heavy atom. The van der Waals surface area contributed by atoms with E-state index >= 15 is 0 Å². The number of quaternary nitrogens is 2. The van der Waals surface area contributed by atoms with Crippen LogP contribution in [0.4, 0.5) is 91.4 Å². The smallest absolute Gasteiger partial charge is 0.421 e. The van der Waals surface area contributed by atoms with Gasteiger partial charge in [-0.3, -0.25) is 8.97 Å². The molecule has 9 N–H and O–H groups in total. The first-order valence-electron chi connectivity index (χ1n) is 42.4. The zero-order chi connectivity index (χ0) is 93.4. The van der Waals surface area contributed by atoms with E-state index in [1.165, 1.54) is 33.2 Å². The third kappa shape index (κ3) is 27.7. The lowest BCUT2D eigenvalue weighted by Crippen LogP contribution is -3.00. The standard InChI is InChI=1S/C20H21N3O2.C20H19N3O.C19H20N4O.C17H19N3.C13H18N5.C12H16N6O.6ClH/c1-23(2,3)15-11-9-14-10-12-18(24)20(16(14)13-15)22-21-17-7-5-6-8-19(17)25-4;1-3-23(4-2)13-9-10-17-18(11-13)24-19-12-16(21)14-7-5-6-8-15(14)20(19)22-17;1-23(2,3)16-10-4-13-5-11-18(24)19(17(13)12-16)22-21-15-8-6-14(20)7-9-15;1-19(2)14-7-5-12-9-13-6-8-15(20(3)4)11-17(13)18-16(12)10-14;1-16(2)12-7-5-11(6-8-12)14-15-13-17(3)9-10-18(13)4;1-8-12(18(4)16-13-8)15-14-10-6-5-9(17(2)3)7-11(10)19;;;;;;/h5-13H,1-4H3;5-12,21H,3-4H2,1-2H3;4-12H,1-3H3,(H2-,20,21,22,24);5-11H,1-4H3;5-10H,1-4H3;5-7H,1-4H3,(H,15,16,19);6*1H/q;;;;+1;;;;;;;/p-1. The summed E-state index contributed by atoms with van der Waals surface area (Å²) in [6.45, 7) is 8.05. The topological polar surface area (TPSA) is 318 Å². The fourth-order valence-electron chi connectivity index (χ4n) is 14.0. The largest absolute Gasteiger partial charge is 1.00 e. The minimum atomic E-state index is 0. The van der Waals surface area contributed by atoms with Crippen LogP contribution in [0.15, 0.2) is 300 Å². The van der Waals surface area contributed by atoms with Gasteiger partial charge in [-0.25, -0.2) is 23.7 Å². The van der Waals surface area contributed by atoms with Crippen LogP contribution in [0.25, 0.3) is 76.7 Å². The molecule has 0 saturated heterocycles. The second kappa shape index (κ2) is 49.4. The molecule has 4 heterocycles. The predicted molar refractivity (Wildman–Crippen MR) is 531 cm³/mol. The maximum Gasteiger partial charge on any atom is 0.421 e. The number of aromatic nitrogens is 7. The van der Waals surface area contributed by atoms with E-state index in [0.717, 1.165) is 113 Å². The number of hydrogen-bond donors (Lipinski definition) is 6. The van der Waals surface area contributed by atoms with Crippen molar-refractivity contribution >= 4 is 157 Å². The molecule has 1 aliphatic heterocycles. The molecule has 0 amide bonds. The highest BCUT2D eigenvalue weighted by atomic mass is 35.5. The Bertz CT molecular complexity index is 6970. The maximum absolute atomic E-state index is 10.3. The van der Waals surface area contributed by atoms with Gasteiger partial charge in [0.05, 0.1) is 94.7 Å². The Hall–Kier alpha value is -13.9. The Labute approximate surface area is 830 Å². The van der Waals surface area contributed by atoms with E-state index in [-0.39, 0.29) is 91.7 Å². The summed E-state index contributed by atoms with van der Waals surface area (Å²) in [5, 5.41) is 80.4. The molecule has 15 aromatic rings. The quantitative estimate of drug-likeness (QED) is 0.0191. The van der Waals surface area contributed by atoms with Gasteiger partial charge in [-0.05, 0) is 175 Å². The fraction of sp³-hybridized carbons (Fsp3) is 0.228. The van der Waals surface area contributed by atoms with Crippen LogP contribution in [0.1, 0.15) is 19.5 Å². The summed E-state index contributed by atoms with van der Waals surface area (Å²) in [7, 11) is 36.0. The number of ether oxygens (including phenoxy) is 1. The number of hydrogen-bond acceptors (Lipinski definition) is 21. The number of azo groups is 4. The van der Waals surface area contributed by atoms with Crippen LogP contribution < -0.4 is 143 Å². The summed E-state index contributed by atoms with van der Waals surface area (Å²) < 4.78 is 20.6. The molecule has 0 radical (unpaired) electrons. The molecule has 17 rings (SSSR count). The number of aryl methyl sites for hydroxylation is 4. The number of methoxy groups -OCH3 is 1. The molecular weight excluding hydrogens is 1840 g/mol. The second-order valence-corrected chi connectivity index (χ2v) is 33.7. The van der Waals surface area contributed by atoms with Crippen molar-refractivity contribution in [2.24, 2.45) is 62.1 Å². The number of para-hydroxylation sites is 1. The molecule has 1 aliphatic carbocycles. The molecule has 2 aliphatic rings. The van der Waals surface area contributed by atoms with Crippen molar-refractivity contribution in [1.29, 1.82) is 0 Å². The van der Waals surface area contributed by atoms with E-state index in [0.29, 0.717) is 60.3 Å². The van der Waals surface area contributed by atoms with Gasteiger partial charge < -0.3 is 130 Å². The number of nitrogens with one attached hydrogen (secondary N) is 2. The number of pyridine rings is 1. The monoisotopic (exact) mass is 1960 g/mol. The first kappa shape index (κ1) is 111. The van der Waals surface area contributed by atoms with Crippen molar-refractivity contribution in [3.8, 4) is 34.5 Å². The molecule has 0 saturated carbocycles. The number of H-pyrrole nitrogens is 2. The third-order valence-electron chi connectivity index (χ3n) is 21.7.